The van der Waals surface area contributed by atoms with E-state index >= 15 is 0 Å². The summed E-state index contributed by atoms with van der Waals surface area (Å²) < 4.78 is 6.15. The fraction of sp³-hybridized carbons (Fsp3) is 0.231. The van der Waals surface area contributed by atoms with Gasteiger partial charge in [-0.25, -0.2) is 0 Å². The van der Waals surface area contributed by atoms with Crippen molar-refractivity contribution in [2.24, 2.45) is 0 Å². The number of nitrogens with zero attached hydrogens (tertiary/aromatic N) is 2. The Morgan fingerprint density at radius 3 is 2.39 bits per heavy atom. The number of hydrogen-bond acceptors (Lipinski definition) is 4. The van der Waals surface area contributed by atoms with Crippen molar-refractivity contribution in [2.75, 3.05) is 14.2 Å². The molecule has 1 unspecified atom stereocenters. The summed E-state index contributed by atoms with van der Waals surface area (Å²) in [6, 6.07) is 4.04. The highest BCUT2D eigenvalue weighted by Crippen LogP contribution is 2.25. The molecule has 1 N–H and O–H groups in total. The molecule has 0 saturated carbocycles. The van der Waals surface area contributed by atoms with Crippen LogP contribution < -0.4 is 10.1 Å². The molecule has 18 heavy (non-hydrogen) atoms. The minimum atomic E-state index is 0.0394. The summed E-state index contributed by atoms with van der Waals surface area (Å²) in [5.74, 6) is 0.746. The molecule has 0 fully saturated rings. The van der Waals surface area contributed by atoms with Crippen LogP contribution in [0, 0.1) is 0 Å². The fourth-order valence-electron chi connectivity index (χ4n) is 1.82. The lowest BCUT2D eigenvalue weighted by Crippen LogP contribution is -2.18. The third kappa shape index (κ3) is 2.86. The first kappa shape index (κ1) is 13.0. The second-order valence-corrected chi connectivity index (χ2v) is 4.73. The molecular weight excluding hydrogens is 294 g/mol. The van der Waals surface area contributed by atoms with Gasteiger partial charge in [0.15, 0.2) is 0 Å². The second-order valence-electron chi connectivity index (χ2n) is 3.82. The molecule has 0 saturated heterocycles. The van der Waals surface area contributed by atoms with Crippen LogP contribution in [0.15, 0.2) is 41.4 Å². The van der Waals surface area contributed by atoms with Crippen molar-refractivity contribution in [2.45, 2.75) is 6.04 Å². The van der Waals surface area contributed by atoms with E-state index in [1.165, 1.54) is 0 Å². The molecule has 0 bridgehead atoms. The summed E-state index contributed by atoms with van der Waals surface area (Å²) in [4.78, 5) is 8.36. The molecule has 0 aliphatic heterocycles. The fourth-order valence-corrected chi connectivity index (χ4v) is 2.20. The number of aromatic nitrogens is 2. The van der Waals surface area contributed by atoms with Crippen molar-refractivity contribution in [3.8, 4) is 5.75 Å². The lowest BCUT2D eigenvalue weighted by molar-refractivity contribution is 0.411. The quantitative estimate of drug-likeness (QED) is 0.943. The van der Waals surface area contributed by atoms with E-state index in [2.05, 4.69) is 31.2 Å². The summed E-state index contributed by atoms with van der Waals surface area (Å²) in [6.07, 6.45) is 7.12. The monoisotopic (exact) mass is 307 g/mol. The van der Waals surface area contributed by atoms with E-state index < -0.39 is 0 Å². The van der Waals surface area contributed by atoms with E-state index in [4.69, 9.17) is 4.74 Å². The smallest absolute Gasteiger partial charge is 0.137 e. The van der Waals surface area contributed by atoms with Crippen LogP contribution in [0.2, 0.25) is 0 Å². The first-order valence-corrected chi connectivity index (χ1v) is 6.30. The van der Waals surface area contributed by atoms with Crippen molar-refractivity contribution in [3.05, 3.63) is 52.5 Å². The Hall–Kier alpha value is -1.46. The van der Waals surface area contributed by atoms with Crippen LogP contribution in [0.5, 0.6) is 5.75 Å². The molecule has 0 spiro atoms. The van der Waals surface area contributed by atoms with Gasteiger partial charge in [0.1, 0.15) is 5.75 Å². The molecule has 2 aromatic rings. The average molecular weight is 308 g/mol. The van der Waals surface area contributed by atoms with Gasteiger partial charge in [0.05, 0.1) is 19.3 Å². The van der Waals surface area contributed by atoms with Gasteiger partial charge >= 0.3 is 0 Å². The molecule has 2 heterocycles. The molecular formula is C13H14BrN3O. The Balaban J connectivity index is 2.38. The first-order valence-electron chi connectivity index (χ1n) is 5.51. The number of halogens is 1. The maximum atomic E-state index is 5.19. The van der Waals surface area contributed by atoms with Gasteiger partial charge in [-0.15, -0.1) is 0 Å². The van der Waals surface area contributed by atoms with Gasteiger partial charge in [-0.1, -0.05) is 0 Å². The molecule has 2 rings (SSSR count). The summed E-state index contributed by atoms with van der Waals surface area (Å²) in [6.45, 7) is 0. The van der Waals surface area contributed by atoms with E-state index in [1.807, 2.05) is 31.6 Å². The second kappa shape index (κ2) is 5.93. The minimum Gasteiger partial charge on any atom is -0.495 e. The van der Waals surface area contributed by atoms with Crippen LogP contribution in [-0.2, 0) is 0 Å². The molecule has 4 nitrogen and oxygen atoms in total. The van der Waals surface area contributed by atoms with Crippen LogP contribution in [0.25, 0.3) is 0 Å². The summed E-state index contributed by atoms with van der Waals surface area (Å²) in [5, 5.41) is 3.26. The van der Waals surface area contributed by atoms with Gasteiger partial charge in [0.2, 0.25) is 0 Å². The molecule has 0 aromatic carbocycles. The van der Waals surface area contributed by atoms with Gasteiger partial charge < -0.3 is 10.1 Å². The predicted molar refractivity (Wildman–Crippen MR) is 73.6 cm³/mol. The number of rotatable bonds is 4. The van der Waals surface area contributed by atoms with Gasteiger partial charge in [0.25, 0.3) is 0 Å². The molecule has 1 atom stereocenters. The predicted octanol–water partition coefficient (Wildman–Crippen LogP) is 2.56. The van der Waals surface area contributed by atoms with Crippen LogP contribution in [-0.4, -0.2) is 24.1 Å². The highest BCUT2D eigenvalue weighted by molar-refractivity contribution is 9.10. The summed E-state index contributed by atoms with van der Waals surface area (Å²) in [5.41, 5.74) is 2.11. The molecule has 2 aromatic heterocycles. The summed E-state index contributed by atoms with van der Waals surface area (Å²) in [7, 11) is 3.54. The zero-order chi connectivity index (χ0) is 13.0. The topological polar surface area (TPSA) is 47.0 Å². The van der Waals surface area contributed by atoms with Crippen molar-refractivity contribution in [3.63, 3.8) is 0 Å². The van der Waals surface area contributed by atoms with Crippen LogP contribution in [0.1, 0.15) is 17.2 Å². The van der Waals surface area contributed by atoms with E-state index in [9.17, 15) is 0 Å². The number of hydrogen-bond donors (Lipinski definition) is 1. The molecule has 5 heteroatoms. The van der Waals surface area contributed by atoms with E-state index in [-0.39, 0.29) is 6.04 Å². The number of pyridine rings is 2. The van der Waals surface area contributed by atoms with Crippen LogP contribution >= 0.6 is 15.9 Å². The van der Waals surface area contributed by atoms with Crippen molar-refractivity contribution in [1.29, 1.82) is 0 Å². The average Bonchev–Trinajstić information content (AvgIpc) is 2.40. The Bertz CT molecular complexity index is 533. The lowest BCUT2D eigenvalue weighted by atomic mass is 10.0. The normalized spacial score (nSPS) is 12.2. The Labute approximate surface area is 115 Å². The molecule has 0 radical (unpaired) electrons. The van der Waals surface area contributed by atoms with E-state index in [0.717, 1.165) is 21.3 Å². The molecule has 0 aliphatic carbocycles. The van der Waals surface area contributed by atoms with Gasteiger partial charge in [-0.3, -0.25) is 9.97 Å². The third-order valence-electron chi connectivity index (χ3n) is 2.65. The molecule has 94 valence electrons. The highest BCUT2D eigenvalue weighted by atomic mass is 79.9. The first-order chi connectivity index (χ1) is 8.74. The SMILES string of the molecule is CNC(c1cncc(Br)c1)c1cncc(OC)c1. The maximum Gasteiger partial charge on any atom is 0.137 e. The molecule has 0 amide bonds. The molecule has 0 aliphatic rings. The maximum absolute atomic E-state index is 5.19. The van der Waals surface area contributed by atoms with Crippen molar-refractivity contribution in [1.82, 2.24) is 15.3 Å². The van der Waals surface area contributed by atoms with Crippen molar-refractivity contribution >= 4 is 15.9 Å². The van der Waals surface area contributed by atoms with Gasteiger partial charge in [-0.2, -0.15) is 0 Å². The Morgan fingerprint density at radius 1 is 1.11 bits per heavy atom. The highest BCUT2D eigenvalue weighted by Gasteiger charge is 2.13. The zero-order valence-electron chi connectivity index (χ0n) is 10.2. The van der Waals surface area contributed by atoms with Gasteiger partial charge in [-0.05, 0) is 46.2 Å². The van der Waals surface area contributed by atoms with Crippen molar-refractivity contribution < 1.29 is 4.74 Å². The Morgan fingerprint density at radius 2 is 1.78 bits per heavy atom. The Kier molecular flexibility index (Phi) is 4.28. The lowest BCUT2D eigenvalue weighted by Gasteiger charge is -2.17. The van der Waals surface area contributed by atoms with E-state index in [1.54, 1.807) is 19.5 Å². The number of nitrogens with one attached hydrogen (secondary N) is 1. The summed E-state index contributed by atoms with van der Waals surface area (Å²) >= 11 is 3.43. The third-order valence-corrected chi connectivity index (χ3v) is 3.09. The number of methoxy groups -OCH3 is 1. The van der Waals surface area contributed by atoms with Gasteiger partial charge in [0, 0.05) is 23.1 Å². The van der Waals surface area contributed by atoms with Crippen LogP contribution in [0.3, 0.4) is 0 Å². The number of ether oxygens (including phenoxy) is 1. The standard InChI is InChI=1S/C13H14BrN3O/c1-15-13(9-3-11(14)7-16-5-9)10-4-12(18-2)8-17-6-10/h3-8,13,15H,1-2H3. The van der Waals surface area contributed by atoms with Crippen LogP contribution in [0.4, 0.5) is 0 Å². The van der Waals surface area contributed by atoms with E-state index in [0.29, 0.717) is 0 Å². The largest absolute Gasteiger partial charge is 0.495 e. The zero-order valence-corrected chi connectivity index (χ0v) is 11.8. The minimum absolute atomic E-state index is 0.0394.